The lowest BCUT2D eigenvalue weighted by molar-refractivity contribution is 0.111. The highest BCUT2D eigenvalue weighted by Crippen LogP contribution is 2.25. The van der Waals surface area contributed by atoms with Crippen molar-refractivity contribution in [2.45, 2.75) is 33.2 Å². The van der Waals surface area contributed by atoms with E-state index in [1.807, 2.05) is 6.07 Å². The molecule has 0 bridgehead atoms. The van der Waals surface area contributed by atoms with E-state index in [4.69, 9.17) is 0 Å². The van der Waals surface area contributed by atoms with Gasteiger partial charge in [0.1, 0.15) is 0 Å². The molecule has 1 rings (SSSR count). The van der Waals surface area contributed by atoms with Crippen LogP contribution in [-0.2, 0) is 6.42 Å². The number of hydrogen-bond acceptors (Lipinski definition) is 1. The molecule has 0 radical (unpaired) electrons. The molecule has 1 aromatic rings. The van der Waals surface area contributed by atoms with Gasteiger partial charge in [-0.1, -0.05) is 6.92 Å². The van der Waals surface area contributed by atoms with Gasteiger partial charge in [0.15, 0.2) is 6.29 Å². The highest BCUT2D eigenvalue weighted by molar-refractivity contribution is 9.10. The maximum Gasteiger partial charge on any atom is 0.166 e. The van der Waals surface area contributed by atoms with Crippen molar-refractivity contribution in [1.29, 1.82) is 0 Å². The van der Waals surface area contributed by atoms with Gasteiger partial charge in [-0.05, 0) is 42.3 Å². The van der Waals surface area contributed by atoms with Gasteiger partial charge >= 0.3 is 0 Å². The molecule has 1 aromatic heterocycles. The summed E-state index contributed by atoms with van der Waals surface area (Å²) in [5.74, 6) is 0. The van der Waals surface area contributed by atoms with E-state index in [2.05, 4.69) is 41.3 Å². The van der Waals surface area contributed by atoms with Crippen molar-refractivity contribution < 1.29 is 4.79 Å². The van der Waals surface area contributed by atoms with E-state index in [0.717, 1.165) is 22.9 Å². The lowest BCUT2D eigenvalue weighted by Crippen LogP contribution is -2.08. The van der Waals surface area contributed by atoms with Crippen LogP contribution in [0.25, 0.3) is 0 Å². The van der Waals surface area contributed by atoms with Gasteiger partial charge in [-0.25, -0.2) is 0 Å². The average molecular weight is 244 g/mol. The van der Waals surface area contributed by atoms with Gasteiger partial charge in [-0.2, -0.15) is 0 Å². The molecule has 0 aromatic carbocycles. The minimum Gasteiger partial charge on any atom is -0.339 e. The summed E-state index contributed by atoms with van der Waals surface area (Å²) in [7, 11) is 0. The van der Waals surface area contributed by atoms with Crippen LogP contribution in [0.1, 0.15) is 43.0 Å². The third-order valence-electron chi connectivity index (χ3n) is 2.09. The average Bonchev–Trinajstić information content (AvgIpc) is 2.41. The lowest BCUT2D eigenvalue weighted by atomic mass is 10.3. The minimum atomic E-state index is 0.335. The number of carbonyl (C=O) groups excluding carboxylic acids is 1. The van der Waals surface area contributed by atoms with Gasteiger partial charge in [0.25, 0.3) is 0 Å². The predicted molar refractivity (Wildman–Crippen MR) is 57.3 cm³/mol. The first-order valence-corrected chi connectivity index (χ1v) is 5.25. The van der Waals surface area contributed by atoms with Gasteiger partial charge in [-0.15, -0.1) is 0 Å². The number of carbonyl (C=O) groups is 1. The van der Waals surface area contributed by atoms with E-state index in [1.54, 1.807) is 0 Å². The van der Waals surface area contributed by atoms with Crippen molar-refractivity contribution >= 4 is 22.2 Å². The van der Waals surface area contributed by atoms with Gasteiger partial charge in [0.2, 0.25) is 0 Å². The summed E-state index contributed by atoms with van der Waals surface area (Å²) in [6.07, 6.45) is 1.84. The molecule has 0 fully saturated rings. The number of nitrogens with zero attached hydrogens (tertiary/aromatic N) is 1. The standard InChI is InChI=1S/C10H14BrNO/c1-4-10-9(11)5-8(6-13)12(10)7(2)3/h5-7H,4H2,1-3H3. The molecular weight excluding hydrogens is 230 g/mol. The Labute approximate surface area is 87.1 Å². The van der Waals surface area contributed by atoms with Crippen molar-refractivity contribution in [3.8, 4) is 0 Å². The molecule has 0 spiro atoms. The maximum absolute atomic E-state index is 10.8. The normalized spacial score (nSPS) is 10.8. The summed E-state index contributed by atoms with van der Waals surface area (Å²) in [5.41, 5.74) is 1.94. The zero-order chi connectivity index (χ0) is 10.0. The molecule has 0 N–H and O–H groups in total. The van der Waals surface area contributed by atoms with Crippen LogP contribution in [0.4, 0.5) is 0 Å². The van der Waals surface area contributed by atoms with E-state index in [-0.39, 0.29) is 0 Å². The van der Waals surface area contributed by atoms with Crippen molar-refractivity contribution in [3.63, 3.8) is 0 Å². The second-order valence-corrected chi connectivity index (χ2v) is 4.15. The fraction of sp³-hybridized carbons (Fsp3) is 0.500. The largest absolute Gasteiger partial charge is 0.339 e. The molecule has 72 valence electrons. The first kappa shape index (κ1) is 10.5. The van der Waals surface area contributed by atoms with Gasteiger partial charge in [0, 0.05) is 16.2 Å². The molecule has 0 aliphatic rings. The van der Waals surface area contributed by atoms with Crippen LogP contribution in [0.2, 0.25) is 0 Å². The number of hydrogen-bond donors (Lipinski definition) is 0. The number of aldehydes is 1. The van der Waals surface area contributed by atoms with E-state index in [1.165, 1.54) is 5.69 Å². The number of halogens is 1. The number of aromatic nitrogens is 1. The fourth-order valence-corrected chi connectivity index (χ4v) is 2.30. The summed E-state index contributed by atoms with van der Waals surface area (Å²) in [5, 5.41) is 0. The Morgan fingerprint density at radius 3 is 2.62 bits per heavy atom. The summed E-state index contributed by atoms with van der Waals surface area (Å²) in [6, 6.07) is 2.22. The Hall–Kier alpha value is -0.570. The topological polar surface area (TPSA) is 22.0 Å². The zero-order valence-electron chi connectivity index (χ0n) is 8.17. The highest BCUT2D eigenvalue weighted by Gasteiger charge is 2.13. The smallest absolute Gasteiger partial charge is 0.166 e. The molecule has 0 unspecified atom stereocenters. The summed E-state index contributed by atoms with van der Waals surface area (Å²) < 4.78 is 3.10. The van der Waals surface area contributed by atoms with Crippen LogP contribution in [-0.4, -0.2) is 10.9 Å². The van der Waals surface area contributed by atoms with Crippen LogP contribution in [0.15, 0.2) is 10.5 Å². The summed E-state index contributed by atoms with van der Waals surface area (Å²) in [4.78, 5) is 10.8. The Bertz CT molecular complexity index is 315. The molecule has 3 heteroatoms. The summed E-state index contributed by atoms with van der Waals surface area (Å²) in [6.45, 7) is 6.25. The molecule has 0 saturated carbocycles. The molecular formula is C10H14BrNO. The molecule has 13 heavy (non-hydrogen) atoms. The Morgan fingerprint density at radius 1 is 1.62 bits per heavy atom. The second-order valence-electron chi connectivity index (χ2n) is 3.30. The van der Waals surface area contributed by atoms with Crippen molar-refractivity contribution in [2.24, 2.45) is 0 Å². The van der Waals surface area contributed by atoms with Crippen molar-refractivity contribution in [3.05, 3.63) is 21.9 Å². The fourth-order valence-electron chi connectivity index (χ4n) is 1.59. The minimum absolute atomic E-state index is 0.335. The molecule has 1 heterocycles. The quantitative estimate of drug-likeness (QED) is 0.748. The van der Waals surface area contributed by atoms with E-state index in [9.17, 15) is 4.79 Å². The SMILES string of the molecule is CCc1c(Br)cc(C=O)n1C(C)C. The van der Waals surface area contributed by atoms with Gasteiger partial charge in [-0.3, -0.25) is 4.79 Å². The van der Waals surface area contributed by atoms with Crippen LogP contribution in [0, 0.1) is 0 Å². The summed E-state index contributed by atoms with van der Waals surface area (Å²) >= 11 is 3.46. The molecule has 2 nitrogen and oxygen atoms in total. The Morgan fingerprint density at radius 2 is 2.23 bits per heavy atom. The first-order chi connectivity index (χ1) is 6.11. The van der Waals surface area contributed by atoms with E-state index >= 15 is 0 Å². The molecule has 0 saturated heterocycles. The first-order valence-electron chi connectivity index (χ1n) is 4.46. The van der Waals surface area contributed by atoms with E-state index in [0.29, 0.717) is 6.04 Å². The number of rotatable bonds is 3. The van der Waals surface area contributed by atoms with Gasteiger partial charge in [0.05, 0.1) is 5.69 Å². The third-order valence-corrected chi connectivity index (χ3v) is 2.78. The van der Waals surface area contributed by atoms with Crippen molar-refractivity contribution in [2.75, 3.05) is 0 Å². The zero-order valence-corrected chi connectivity index (χ0v) is 9.76. The molecule has 0 atom stereocenters. The third kappa shape index (κ3) is 1.85. The van der Waals surface area contributed by atoms with Crippen LogP contribution in [0.3, 0.4) is 0 Å². The predicted octanol–water partition coefficient (Wildman–Crippen LogP) is 3.21. The van der Waals surface area contributed by atoms with Gasteiger partial charge < -0.3 is 4.57 Å². The molecule has 0 aliphatic carbocycles. The highest BCUT2D eigenvalue weighted by atomic mass is 79.9. The molecule has 0 aliphatic heterocycles. The Balaban J connectivity index is 3.32. The second kappa shape index (κ2) is 4.09. The van der Waals surface area contributed by atoms with Crippen LogP contribution >= 0.6 is 15.9 Å². The van der Waals surface area contributed by atoms with Crippen molar-refractivity contribution in [1.82, 2.24) is 4.57 Å². The maximum atomic E-state index is 10.8. The monoisotopic (exact) mass is 243 g/mol. The lowest BCUT2D eigenvalue weighted by Gasteiger charge is -2.13. The van der Waals surface area contributed by atoms with E-state index < -0.39 is 0 Å². The van der Waals surface area contributed by atoms with Crippen LogP contribution < -0.4 is 0 Å². The molecule has 0 amide bonds. The Kier molecular flexibility index (Phi) is 3.31. The van der Waals surface area contributed by atoms with Crippen LogP contribution in [0.5, 0.6) is 0 Å².